The maximum atomic E-state index is 13.8. The van der Waals surface area contributed by atoms with Crippen LogP contribution in [0.25, 0.3) is 11.4 Å². The minimum Gasteiger partial charge on any atom is -0.336 e. The van der Waals surface area contributed by atoms with Crippen molar-refractivity contribution in [3.8, 4) is 17.5 Å². The molecule has 1 aliphatic carbocycles. The van der Waals surface area contributed by atoms with E-state index in [0.29, 0.717) is 18.4 Å². The fraction of sp³-hybridized carbons (Fsp3) is 0.448. The summed E-state index contributed by atoms with van der Waals surface area (Å²) >= 11 is 0. The van der Waals surface area contributed by atoms with Crippen LogP contribution in [0.5, 0.6) is 0 Å². The first-order chi connectivity index (χ1) is 17.0. The summed E-state index contributed by atoms with van der Waals surface area (Å²) in [6.07, 6.45) is 6.14. The minimum atomic E-state index is 0.0821. The van der Waals surface area contributed by atoms with E-state index < -0.39 is 0 Å². The molecule has 180 valence electrons. The molecule has 1 N–H and O–H groups in total. The summed E-state index contributed by atoms with van der Waals surface area (Å²) in [6.45, 7) is 6.92. The molecule has 1 saturated heterocycles. The highest BCUT2D eigenvalue weighted by Crippen LogP contribution is 2.42. The maximum Gasteiger partial charge on any atom is 0.254 e. The number of benzene rings is 2. The Morgan fingerprint density at radius 2 is 1.94 bits per heavy atom. The van der Waals surface area contributed by atoms with Crippen molar-refractivity contribution in [2.75, 3.05) is 6.54 Å². The number of nitriles is 1. The molecule has 6 heteroatoms. The van der Waals surface area contributed by atoms with Gasteiger partial charge in [0.2, 0.25) is 0 Å². The van der Waals surface area contributed by atoms with Crippen LogP contribution in [-0.2, 0) is 6.42 Å². The van der Waals surface area contributed by atoms with Gasteiger partial charge in [-0.25, -0.2) is 0 Å². The molecule has 2 fully saturated rings. The van der Waals surface area contributed by atoms with Gasteiger partial charge in [0.25, 0.3) is 5.91 Å². The number of aryl methyl sites for hydroxylation is 2. The zero-order valence-electron chi connectivity index (χ0n) is 20.8. The predicted octanol–water partition coefficient (Wildman–Crippen LogP) is 5.89. The van der Waals surface area contributed by atoms with Crippen LogP contribution in [0.2, 0.25) is 0 Å². The van der Waals surface area contributed by atoms with E-state index in [0.717, 1.165) is 58.7 Å². The molecule has 5 rings (SSSR count). The van der Waals surface area contributed by atoms with E-state index >= 15 is 0 Å². The second-order valence-corrected chi connectivity index (χ2v) is 10.1. The predicted molar refractivity (Wildman–Crippen MR) is 136 cm³/mol. The number of aromatic amines is 1. The van der Waals surface area contributed by atoms with Crippen molar-refractivity contribution in [1.29, 1.82) is 5.26 Å². The molecule has 1 amide bonds. The number of hydrogen-bond acceptors (Lipinski definition) is 4. The second-order valence-electron chi connectivity index (χ2n) is 10.1. The average molecular weight is 468 g/mol. The highest BCUT2D eigenvalue weighted by atomic mass is 16.2. The second kappa shape index (κ2) is 9.65. The fourth-order valence-electron chi connectivity index (χ4n) is 5.67. The molecule has 2 atom stereocenters. The quantitative estimate of drug-likeness (QED) is 0.507. The number of nitrogens with one attached hydrogen (secondary N) is 1. The van der Waals surface area contributed by atoms with Crippen molar-refractivity contribution in [2.45, 2.75) is 77.2 Å². The molecular weight excluding hydrogens is 434 g/mol. The van der Waals surface area contributed by atoms with Gasteiger partial charge in [-0.05, 0) is 80.2 Å². The third-order valence-corrected chi connectivity index (χ3v) is 7.95. The maximum absolute atomic E-state index is 13.8. The van der Waals surface area contributed by atoms with Crippen LogP contribution in [0, 0.1) is 18.3 Å². The highest BCUT2D eigenvalue weighted by molar-refractivity contribution is 5.97. The van der Waals surface area contributed by atoms with Gasteiger partial charge in [-0.2, -0.15) is 5.26 Å². The fourth-order valence-corrected chi connectivity index (χ4v) is 5.67. The normalized spacial score (nSPS) is 20.3. The number of nitrogens with zero attached hydrogens (tertiary/aromatic N) is 4. The Bertz CT molecular complexity index is 1280. The number of hydrogen-bond donors (Lipinski definition) is 1. The summed E-state index contributed by atoms with van der Waals surface area (Å²) in [5, 5.41) is 18.2. The number of likely N-dealkylation sites (tertiary alicyclic amines) is 1. The van der Waals surface area contributed by atoms with Crippen molar-refractivity contribution in [3.05, 3.63) is 70.0 Å². The van der Waals surface area contributed by atoms with Crippen LogP contribution in [-0.4, -0.2) is 38.6 Å². The van der Waals surface area contributed by atoms with E-state index in [4.69, 9.17) is 0 Å². The van der Waals surface area contributed by atoms with Gasteiger partial charge in [0.15, 0.2) is 5.82 Å². The van der Waals surface area contributed by atoms with Crippen molar-refractivity contribution < 1.29 is 4.79 Å². The van der Waals surface area contributed by atoms with E-state index in [2.05, 4.69) is 60.2 Å². The molecule has 1 aliphatic heterocycles. The van der Waals surface area contributed by atoms with Crippen LogP contribution in [0.4, 0.5) is 0 Å². The third kappa shape index (κ3) is 4.36. The van der Waals surface area contributed by atoms with E-state index in [9.17, 15) is 10.1 Å². The smallest absolute Gasteiger partial charge is 0.254 e. The Labute approximate surface area is 207 Å². The molecule has 2 unspecified atom stereocenters. The van der Waals surface area contributed by atoms with E-state index in [1.165, 1.54) is 24.8 Å². The van der Waals surface area contributed by atoms with Gasteiger partial charge >= 0.3 is 0 Å². The van der Waals surface area contributed by atoms with Gasteiger partial charge in [0.1, 0.15) is 5.82 Å². The molecule has 6 nitrogen and oxygen atoms in total. The zero-order valence-corrected chi connectivity index (χ0v) is 20.8. The number of piperidine rings is 1. The van der Waals surface area contributed by atoms with Crippen LogP contribution in [0.3, 0.4) is 0 Å². The monoisotopic (exact) mass is 467 g/mol. The van der Waals surface area contributed by atoms with Crippen molar-refractivity contribution >= 4 is 5.91 Å². The first kappa shape index (κ1) is 23.3. The van der Waals surface area contributed by atoms with E-state index in [1.807, 2.05) is 23.1 Å². The van der Waals surface area contributed by atoms with Crippen LogP contribution >= 0.6 is 0 Å². The standard InChI is InChI=1S/C29H33N5O/c1-4-27-31-28(33-32-27)26-16-24(18(2)14-25(26)20-9-7-10-20)29(35)34-13-12-21(15-19(34)3)23-11-6-5-8-22(23)17-30/h5-6,8,11,14,16,19-21H,4,7,9-10,12-13,15H2,1-3H3,(H,31,32,33). The zero-order chi connectivity index (χ0) is 24.5. The number of aromatic nitrogens is 3. The number of carbonyl (C=O) groups is 1. The lowest BCUT2D eigenvalue weighted by Crippen LogP contribution is -2.44. The van der Waals surface area contributed by atoms with Crippen LogP contribution in [0.15, 0.2) is 36.4 Å². The Morgan fingerprint density at radius 1 is 1.14 bits per heavy atom. The Kier molecular flexibility index (Phi) is 6.42. The summed E-state index contributed by atoms with van der Waals surface area (Å²) in [5.74, 6) is 2.53. The molecule has 3 aromatic rings. The van der Waals surface area contributed by atoms with E-state index in [-0.39, 0.29) is 11.9 Å². The number of H-pyrrole nitrogens is 1. The molecule has 1 aromatic heterocycles. The largest absolute Gasteiger partial charge is 0.336 e. The average Bonchev–Trinajstić information content (AvgIpc) is 3.32. The molecule has 2 aliphatic rings. The van der Waals surface area contributed by atoms with Crippen molar-refractivity contribution in [3.63, 3.8) is 0 Å². The van der Waals surface area contributed by atoms with Gasteiger partial charge in [0, 0.05) is 30.1 Å². The molecule has 1 saturated carbocycles. The van der Waals surface area contributed by atoms with Crippen molar-refractivity contribution in [2.24, 2.45) is 0 Å². The summed E-state index contributed by atoms with van der Waals surface area (Å²) in [5.41, 5.74) is 5.93. The van der Waals surface area contributed by atoms with E-state index in [1.54, 1.807) is 0 Å². The number of carbonyl (C=O) groups excluding carboxylic acids is 1. The Morgan fingerprint density at radius 3 is 2.60 bits per heavy atom. The lowest BCUT2D eigenvalue weighted by atomic mass is 9.77. The van der Waals surface area contributed by atoms with Gasteiger partial charge in [0.05, 0.1) is 11.6 Å². The first-order valence-corrected chi connectivity index (χ1v) is 12.9. The van der Waals surface area contributed by atoms with Crippen LogP contribution < -0.4 is 0 Å². The summed E-state index contributed by atoms with van der Waals surface area (Å²) in [4.78, 5) is 19.2. The van der Waals surface area contributed by atoms with Crippen LogP contribution in [0.1, 0.15) is 96.2 Å². The summed E-state index contributed by atoms with van der Waals surface area (Å²) in [6, 6.07) is 14.6. The Hall–Kier alpha value is -3.46. The molecule has 2 heterocycles. The molecule has 35 heavy (non-hydrogen) atoms. The van der Waals surface area contributed by atoms with Crippen molar-refractivity contribution in [1.82, 2.24) is 20.1 Å². The minimum absolute atomic E-state index is 0.0821. The van der Waals surface area contributed by atoms with Gasteiger partial charge in [-0.3, -0.25) is 4.79 Å². The highest BCUT2D eigenvalue weighted by Gasteiger charge is 2.33. The molecule has 0 radical (unpaired) electrons. The number of rotatable bonds is 5. The molecule has 0 bridgehead atoms. The lowest BCUT2D eigenvalue weighted by Gasteiger charge is -2.38. The molecular formula is C29H33N5O. The third-order valence-electron chi connectivity index (χ3n) is 7.95. The van der Waals surface area contributed by atoms with Gasteiger partial charge in [-0.1, -0.05) is 37.6 Å². The molecule has 0 spiro atoms. The topological polar surface area (TPSA) is 85.7 Å². The van der Waals surface area contributed by atoms with Gasteiger partial charge in [-0.15, -0.1) is 10.2 Å². The SMILES string of the molecule is CCc1nnc(-c2cc(C(=O)N3CCC(c4ccccc4C#N)CC3C)c(C)cc2C2CCC2)[nH]1. The molecule has 2 aromatic carbocycles. The van der Waals surface area contributed by atoms with Gasteiger partial charge < -0.3 is 9.88 Å². The Balaban J connectivity index is 1.43. The lowest BCUT2D eigenvalue weighted by molar-refractivity contribution is 0.0615. The number of amides is 1. The first-order valence-electron chi connectivity index (χ1n) is 12.9. The summed E-state index contributed by atoms with van der Waals surface area (Å²) in [7, 11) is 0. The summed E-state index contributed by atoms with van der Waals surface area (Å²) < 4.78 is 0.